The molecular weight excluding hydrogens is 312 g/mol. The number of imidazole rings is 1. The maximum absolute atomic E-state index is 12.1. The molecule has 0 fully saturated rings. The molecule has 3 rings (SSSR count). The summed E-state index contributed by atoms with van der Waals surface area (Å²) < 4.78 is 8.30. The highest BCUT2D eigenvalue weighted by atomic mass is 16.3. The van der Waals surface area contributed by atoms with Gasteiger partial charge in [-0.1, -0.05) is 0 Å². The van der Waals surface area contributed by atoms with Crippen LogP contribution in [0.5, 0.6) is 0 Å². The van der Waals surface area contributed by atoms with E-state index in [2.05, 4.69) is 20.7 Å². The van der Waals surface area contributed by atoms with Crippen LogP contribution in [0.1, 0.15) is 21.0 Å². The van der Waals surface area contributed by atoms with Gasteiger partial charge in [0.1, 0.15) is 5.82 Å². The zero-order chi connectivity index (χ0) is 16.9. The molecule has 3 aromatic heterocycles. The Morgan fingerprint density at radius 1 is 1.33 bits per heavy atom. The molecule has 0 saturated heterocycles. The lowest BCUT2D eigenvalue weighted by molar-refractivity contribution is 0.0945. The van der Waals surface area contributed by atoms with Crippen molar-refractivity contribution < 1.29 is 14.0 Å². The number of rotatable bonds is 6. The molecule has 0 spiro atoms. The first-order chi connectivity index (χ1) is 11.6. The van der Waals surface area contributed by atoms with Crippen LogP contribution in [0.4, 0.5) is 5.82 Å². The third-order valence-electron chi connectivity index (χ3n) is 3.31. The standard InChI is InChI=1S/C15H16N6O3/c1-20-13(18-15(23)12-3-2-8-24-12)9-11(19-20)14(22)17-5-7-21-6-4-16-10-21/h2-4,6,8-10H,5,7H2,1H3,(H,17,22)(H,18,23). The van der Waals surface area contributed by atoms with Gasteiger partial charge in [0, 0.05) is 38.6 Å². The molecule has 0 aromatic carbocycles. The summed E-state index contributed by atoms with van der Waals surface area (Å²) in [5.41, 5.74) is 0.220. The Morgan fingerprint density at radius 3 is 2.92 bits per heavy atom. The van der Waals surface area contributed by atoms with Gasteiger partial charge < -0.3 is 19.6 Å². The van der Waals surface area contributed by atoms with Crippen molar-refractivity contribution in [2.75, 3.05) is 11.9 Å². The Hall–Kier alpha value is -3.36. The normalized spacial score (nSPS) is 10.5. The van der Waals surface area contributed by atoms with Crippen molar-refractivity contribution >= 4 is 17.6 Å². The molecule has 0 atom stereocenters. The Bertz CT molecular complexity index is 820. The van der Waals surface area contributed by atoms with Gasteiger partial charge in [-0.15, -0.1) is 0 Å². The molecule has 9 nitrogen and oxygen atoms in total. The zero-order valence-electron chi connectivity index (χ0n) is 13.0. The summed E-state index contributed by atoms with van der Waals surface area (Å²) in [5.74, 6) is -0.141. The molecule has 9 heteroatoms. The number of carbonyl (C=O) groups excluding carboxylic acids is 2. The first kappa shape index (κ1) is 15.5. The van der Waals surface area contributed by atoms with Crippen LogP contribution >= 0.6 is 0 Å². The van der Waals surface area contributed by atoms with Crippen molar-refractivity contribution in [2.24, 2.45) is 7.05 Å². The molecule has 3 aromatic rings. The molecule has 2 N–H and O–H groups in total. The topological polar surface area (TPSA) is 107 Å². The second-order valence-electron chi connectivity index (χ2n) is 5.03. The van der Waals surface area contributed by atoms with Gasteiger partial charge in [-0.3, -0.25) is 14.3 Å². The van der Waals surface area contributed by atoms with E-state index in [0.29, 0.717) is 18.9 Å². The predicted octanol–water partition coefficient (Wildman–Crippen LogP) is 0.892. The maximum atomic E-state index is 12.1. The molecule has 0 saturated carbocycles. The van der Waals surface area contributed by atoms with Crippen LogP contribution in [0.3, 0.4) is 0 Å². The average Bonchev–Trinajstić information content (AvgIpc) is 3.29. The summed E-state index contributed by atoms with van der Waals surface area (Å²) in [6, 6.07) is 4.68. The van der Waals surface area contributed by atoms with Crippen LogP contribution in [0.15, 0.2) is 47.6 Å². The van der Waals surface area contributed by atoms with Gasteiger partial charge in [0.15, 0.2) is 11.5 Å². The minimum Gasteiger partial charge on any atom is -0.459 e. The molecule has 24 heavy (non-hydrogen) atoms. The van der Waals surface area contributed by atoms with Gasteiger partial charge in [-0.25, -0.2) is 4.98 Å². The Labute approximate surface area is 137 Å². The van der Waals surface area contributed by atoms with Crippen molar-refractivity contribution in [3.63, 3.8) is 0 Å². The van der Waals surface area contributed by atoms with Gasteiger partial charge in [0.05, 0.1) is 12.6 Å². The summed E-state index contributed by atoms with van der Waals surface area (Å²) in [6.45, 7) is 1.06. The quantitative estimate of drug-likeness (QED) is 0.699. The van der Waals surface area contributed by atoms with Crippen LogP contribution in [-0.2, 0) is 13.6 Å². The third-order valence-corrected chi connectivity index (χ3v) is 3.31. The van der Waals surface area contributed by atoms with Crippen molar-refractivity contribution in [2.45, 2.75) is 6.54 Å². The summed E-state index contributed by atoms with van der Waals surface area (Å²) >= 11 is 0. The van der Waals surface area contributed by atoms with Crippen LogP contribution in [0, 0.1) is 0 Å². The van der Waals surface area contributed by atoms with Gasteiger partial charge in [-0.05, 0) is 12.1 Å². The van der Waals surface area contributed by atoms with E-state index in [-0.39, 0.29) is 17.4 Å². The van der Waals surface area contributed by atoms with E-state index in [9.17, 15) is 9.59 Å². The van der Waals surface area contributed by atoms with Gasteiger partial charge >= 0.3 is 0 Å². The number of carbonyl (C=O) groups is 2. The SMILES string of the molecule is Cn1nc(C(=O)NCCn2ccnc2)cc1NC(=O)c1ccco1. The molecule has 0 aliphatic heterocycles. The van der Waals surface area contributed by atoms with Crippen molar-refractivity contribution in [1.29, 1.82) is 0 Å². The zero-order valence-corrected chi connectivity index (χ0v) is 13.0. The Kier molecular flexibility index (Phi) is 4.41. The summed E-state index contributed by atoms with van der Waals surface area (Å²) in [5, 5.41) is 9.51. The van der Waals surface area contributed by atoms with Crippen molar-refractivity contribution in [3.8, 4) is 0 Å². The second kappa shape index (κ2) is 6.82. The summed E-state index contributed by atoms with van der Waals surface area (Å²) in [7, 11) is 1.64. The largest absolute Gasteiger partial charge is 0.459 e. The van der Waals surface area contributed by atoms with Crippen LogP contribution in [0.25, 0.3) is 0 Å². The minimum atomic E-state index is -0.407. The molecule has 0 aliphatic rings. The molecule has 2 amide bonds. The number of aryl methyl sites for hydroxylation is 1. The fourth-order valence-corrected chi connectivity index (χ4v) is 2.09. The van der Waals surface area contributed by atoms with Crippen LogP contribution < -0.4 is 10.6 Å². The minimum absolute atomic E-state index is 0.183. The number of aromatic nitrogens is 4. The molecule has 0 unspecified atom stereocenters. The number of anilines is 1. The highest BCUT2D eigenvalue weighted by Crippen LogP contribution is 2.11. The lowest BCUT2D eigenvalue weighted by atomic mass is 10.3. The van der Waals surface area contributed by atoms with Gasteiger partial charge in [0.2, 0.25) is 0 Å². The van der Waals surface area contributed by atoms with E-state index in [1.807, 2.05) is 10.8 Å². The lowest BCUT2D eigenvalue weighted by Crippen LogP contribution is -2.27. The highest BCUT2D eigenvalue weighted by molar-refractivity contribution is 6.02. The van der Waals surface area contributed by atoms with E-state index in [1.54, 1.807) is 31.7 Å². The lowest BCUT2D eigenvalue weighted by Gasteiger charge is -2.03. The predicted molar refractivity (Wildman–Crippen MR) is 84.4 cm³/mol. The molecule has 0 aliphatic carbocycles. The number of hydrogen-bond donors (Lipinski definition) is 2. The van der Waals surface area contributed by atoms with E-state index in [4.69, 9.17) is 4.42 Å². The summed E-state index contributed by atoms with van der Waals surface area (Å²) in [4.78, 5) is 28.0. The third kappa shape index (κ3) is 3.51. The monoisotopic (exact) mass is 328 g/mol. The van der Waals surface area contributed by atoms with Gasteiger partial charge in [-0.2, -0.15) is 5.10 Å². The molecule has 124 valence electrons. The number of nitrogens with zero attached hydrogens (tertiary/aromatic N) is 4. The fraction of sp³-hybridized carbons (Fsp3) is 0.200. The average molecular weight is 328 g/mol. The first-order valence-corrected chi connectivity index (χ1v) is 7.26. The fourth-order valence-electron chi connectivity index (χ4n) is 2.09. The Balaban J connectivity index is 1.58. The maximum Gasteiger partial charge on any atom is 0.292 e. The smallest absolute Gasteiger partial charge is 0.292 e. The highest BCUT2D eigenvalue weighted by Gasteiger charge is 2.16. The first-order valence-electron chi connectivity index (χ1n) is 7.26. The summed E-state index contributed by atoms with van der Waals surface area (Å²) in [6.07, 6.45) is 6.58. The molecule has 0 radical (unpaired) electrons. The molecule has 0 bridgehead atoms. The molecular formula is C15H16N6O3. The van der Waals surface area contributed by atoms with Crippen LogP contribution in [-0.4, -0.2) is 37.7 Å². The number of amides is 2. The Morgan fingerprint density at radius 2 is 2.21 bits per heavy atom. The number of nitrogens with one attached hydrogen (secondary N) is 2. The number of hydrogen-bond acceptors (Lipinski definition) is 5. The van der Waals surface area contributed by atoms with E-state index in [0.717, 1.165) is 0 Å². The number of furan rings is 1. The second-order valence-corrected chi connectivity index (χ2v) is 5.03. The van der Waals surface area contributed by atoms with E-state index in [1.165, 1.54) is 17.0 Å². The van der Waals surface area contributed by atoms with E-state index >= 15 is 0 Å². The van der Waals surface area contributed by atoms with Crippen molar-refractivity contribution in [1.82, 2.24) is 24.6 Å². The van der Waals surface area contributed by atoms with Crippen molar-refractivity contribution in [3.05, 3.63) is 54.6 Å². The van der Waals surface area contributed by atoms with Gasteiger partial charge in [0.25, 0.3) is 11.8 Å². The molecule has 3 heterocycles. The van der Waals surface area contributed by atoms with E-state index < -0.39 is 5.91 Å². The van der Waals surface area contributed by atoms with Crippen LogP contribution in [0.2, 0.25) is 0 Å².